The minimum atomic E-state index is -0.862. The van der Waals surface area contributed by atoms with Crippen LogP contribution in [-0.4, -0.2) is 18.2 Å². The molecule has 1 saturated carbocycles. The second-order valence-electron chi connectivity index (χ2n) is 4.17. The fraction of sp³-hybridized carbons (Fsp3) is 0.417. The van der Waals surface area contributed by atoms with Crippen molar-refractivity contribution in [3.8, 4) is 0 Å². The highest BCUT2D eigenvalue weighted by Crippen LogP contribution is 2.46. The van der Waals surface area contributed by atoms with Gasteiger partial charge in [0.15, 0.2) is 0 Å². The first-order valence-electron chi connectivity index (χ1n) is 5.11. The van der Waals surface area contributed by atoms with E-state index in [0.717, 1.165) is 10.0 Å². The Balaban J connectivity index is 2.07. The van der Waals surface area contributed by atoms with E-state index in [2.05, 4.69) is 20.7 Å². The smallest absolute Gasteiger partial charge is 0.308 e. The average Bonchev–Trinajstić information content (AvgIpc) is 2.25. The maximum atomic E-state index is 11.2. The zero-order valence-corrected chi connectivity index (χ0v) is 10.5. The van der Waals surface area contributed by atoms with Crippen molar-refractivity contribution in [2.45, 2.75) is 18.4 Å². The lowest BCUT2D eigenvalue weighted by molar-refractivity contribution is -0.163. The molecule has 0 aliphatic heterocycles. The first-order valence-corrected chi connectivity index (χ1v) is 5.91. The van der Waals surface area contributed by atoms with E-state index in [-0.39, 0.29) is 11.9 Å². The van der Waals surface area contributed by atoms with Gasteiger partial charge in [-0.2, -0.15) is 0 Å². The number of hydrogen-bond acceptors (Lipinski definition) is 3. The maximum absolute atomic E-state index is 11.2. The van der Waals surface area contributed by atoms with Crippen molar-refractivity contribution in [3.05, 3.63) is 34.3 Å². The summed E-state index contributed by atoms with van der Waals surface area (Å²) in [4.78, 5) is 11.2. The van der Waals surface area contributed by atoms with Crippen LogP contribution in [0.3, 0.4) is 0 Å². The van der Waals surface area contributed by atoms with E-state index in [0.29, 0.717) is 12.8 Å². The first kappa shape index (κ1) is 11.6. The zero-order valence-electron chi connectivity index (χ0n) is 8.94. The van der Waals surface area contributed by atoms with E-state index >= 15 is 0 Å². The van der Waals surface area contributed by atoms with Crippen molar-refractivity contribution in [3.63, 3.8) is 0 Å². The summed E-state index contributed by atoms with van der Waals surface area (Å²) >= 11 is 3.34. The Morgan fingerprint density at radius 2 is 2.00 bits per heavy atom. The molecule has 16 heavy (non-hydrogen) atoms. The quantitative estimate of drug-likeness (QED) is 0.847. The Morgan fingerprint density at radius 3 is 2.50 bits per heavy atom. The van der Waals surface area contributed by atoms with Gasteiger partial charge in [0, 0.05) is 4.47 Å². The highest BCUT2D eigenvalue weighted by molar-refractivity contribution is 9.10. The Labute approximate surface area is 103 Å². The van der Waals surface area contributed by atoms with Crippen LogP contribution in [0.4, 0.5) is 0 Å². The molecular formula is C12H13BrO3. The molecule has 0 heterocycles. The molecular weight excluding hydrogens is 272 g/mol. The molecule has 0 bridgehead atoms. The largest absolute Gasteiger partial charge is 0.469 e. The molecule has 1 aromatic carbocycles. The van der Waals surface area contributed by atoms with Crippen molar-refractivity contribution in [1.82, 2.24) is 0 Å². The molecule has 0 atom stereocenters. The molecule has 0 unspecified atom stereocenters. The van der Waals surface area contributed by atoms with Crippen molar-refractivity contribution in [2.75, 3.05) is 7.11 Å². The van der Waals surface area contributed by atoms with Gasteiger partial charge in [-0.15, -0.1) is 0 Å². The van der Waals surface area contributed by atoms with E-state index in [1.54, 1.807) is 0 Å². The predicted molar refractivity (Wildman–Crippen MR) is 62.8 cm³/mol. The van der Waals surface area contributed by atoms with Crippen molar-refractivity contribution in [2.24, 2.45) is 5.92 Å². The summed E-state index contributed by atoms with van der Waals surface area (Å²) in [6.07, 6.45) is 0.891. The highest BCUT2D eigenvalue weighted by atomic mass is 79.9. The van der Waals surface area contributed by atoms with E-state index in [1.807, 2.05) is 24.3 Å². The molecule has 0 aromatic heterocycles. The molecule has 4 heteroatoms. The van der Waals surface area contributed by atoms with Crippen LogP contribution in [0.2, 0.25) is 0 Å². The number of benzene rings is 1. The molecule has 1 aromatic rings. The predicted octanol–water partition coefficient (Wildman–Crippen LogP) is 2.22. The molecule has 1 aliphatic rings. The molecule has 86 valence electrons. The number of rotatable bonds is 2. The molecule has 1 aliphatic carbocycles. The van der Waals surface area contributed by atoms with Crippen LogP contribution in [0.5, 0.6) is 0 Å². The van der Waals surface area contributed by atoms with Gasteiger partial charge in [-0.05, 0) is 30.5 Å². The molecule has 2 rings (SSSR count). The van der Waals surface area contributed by atoms with Gasteiger partial charge in [-0.1, -0.05) is 28.1 Å². The third-order valence-corrected chi connectivity index (χ3v) is 3.61. The molecule has 0 radical (unpaired) electrons. The van der Waals surface area contributed by atoms with Crippen LogP contribution in [-0.2, 0) is 15.1 Å². The number of halogens is 1. The molecule has 0 amide bonds. The maximum Gasteiger partial charge on any atom is 0.308 e. The number of aliphatic hydroxyl groups is 1. The van der Waals surface area contributed by atoms with Crippen molar-refractivity contribution < 1.29 is 14.6 Å². The second kappa shape index (κ2) is 4.18. The van der Waals surface area contributed by atoms with Gasteiger partial charge in [-0.25, -0.2) is 0 Å². The second-order valence-corrected chi connectivity index (χ2v) is 5.08. The van der Waals surface area contributed by atoms with Crippen molar-refractivity contribution in [1.29, 1.82) is 0 Å². The van der Waals surface area contributed by atoms with Gasteiger partial charge < -0.3 is 9.84 Å². The number of carbonyl (C=O) groups is 1. The minimum Gasteiger partial charge on any atom is -0.469 e. The fourth-order valence-electron chi connectivity index (χ4n) is 2.08. The van der Waals surface area contributed by atoms with Gasteiger partial charge in [0.2, 0.25) is 0 Å². The molecule has 1 N–H and O–H groups in total. The van der Waals surface area contributed by atoms with Crippen LogP contribution < -0.4 is 0 Å². The van der Waals surface area contributed by atoms with E-state index in [4.69, 9.17) is 0 Å². The summed E-state index contributed by atoms with van der Waals surface area (Å²) in [5, 5.41) is 10.3. The molecule has 3 nitrogen and oxygen atoms in total. The lowest BCUT2D eigenvalue weighted by Gasteiger charge is -2.42. The number of carbonyl (C=O) groups excluding carboxylic acids is 1. The van der Waals surface area contributed by atoms with Crippen LogP contribution in [0.25, 0.3) is 0 Å². The summed E-state index contributed by atoms with van der Waals surface area (Å²) in [7, 11) is 1.37. The Kier molecular flexibility index (Phi) is 3.04. The van der Waals surface area contributed by atoms with Crippen molar-refractivity contribution >= 4 is 21.9 Å². The number of hydrogen-bond donors (Lipinski definition) is 1. The summed E-state index contributed by atoms with van der Waals surface area (Å²) in [5.41, 5.74) is -0.00428. The Hall–Kier alpha value is -0.870. The monoisotopic (exact) mass is 284 g/mol. The van der Waals surface area contributed by atoms with Gasteiger partial charge in [0.05, 0.1) is 18.6 Å². The minimum absolute atomic E-state index is 0.168. The first-order chi connectivity index (χ1) is 7.55. The highest BCUT2D eigenvalue weighted by Gasteiger charge is 2.47. The van der Waals surface area contributed by atoms with Crippen LogP contribution in [0, 0.1) is 5.92 Å². The topological polar surface area (TPSA) is 46.5 Å². The van der Waals surface area contributed by atoms with Gasteiger partial charge in [0.1, 0.15) is 0 Å². The molecule has 0 saturated heterocycles. The van der Waals surface area contributed by atoms with E-state index in [9.17, 15) is 9.90 Å². The van der Waals surface area contributed by atoms with Crippen LogP contribution in [0.15, 0.2) is 28.7 Å². The molecule has 1 fully saturated rings. The number of ether oxygens (including phenoxy) is 1. The summed E-state index contributed by atoms with van der Waals surface area (Å²) in [6, 6.07) is 7.52. The van der Waals surface area contributed by atoms with E-state index in [1.165, 1.54) is 7.11 Å². The fourth-order valence-corrected chi connectivity index (χ4v) is 2.35. The number of esters is 1. The lowest BCUT2D eigenvalue weighted by Crippen LogP contribution is -2.44. The average molecular weight is 285 g/mol. The summed E-state index contributed by atoms with van der Waals surface area (Å²) in [5.74, 6) is -0.402. The zero-order chi connectivity index (χ0) is 11.8. The SMILES string of the molecule is COC(=O)C1CC(O)(c2ccc(Br)cc2)C1. The number of methoxy groups -OCH3 is 1. The van der Waals surface area contributed by atoms with E-state index < -0.39 is 5.60 Å². The normalized spacial score (nSPS) is 28.3. The lowest BCUT2D eigenvalue weighted by atomic mass is 9.67. The van der Waals surface area contributed by atoms with Gasteiger partial charge in [0.25, 0.3) is 0 Å². The standard InChI is InChI=1S/C12H13BrO3/c1-16-11(14)8-6-12(15,7-8)9-2-4-10(13)5-3-9/h2-5,8,15H,6-7H2,1H3. The van der Waals surface area contributed by atoms with Gasteiger partial charge >= 0.3 is 5.97 Å². The summed E-state index contributed by atoms with van der Waals surface area (Å²) < 4.78 is 5.62. The Morgan fingerprint density at radius 1 is 1.44 bits per heavy atom. The van der Waals surface area contributed by atoms with Crippen LogP contribution in [0.1, 0.15) is 18.4 Å². The Bertz CT molecular complexity index is 393. The third kappa shape index (κ3) is 1.99. The van der Waals surface area contributed by atoms with Crippen LogP contribution >= 0.6 is 15.9 Å². The molecule has 0 spiro atoms. The van der Waals surface area contributed by atoms with Gasteiger partial charge in [-0.3, -0.25) is 4.79 Å². The third-order valence-electron chi connectivity index (χ3n) is 3.08. The summed E-state index contributed by atoms with van der Waals surface area (Å²) in [6.45, 7) is 0.